The van der Waals surface area contributed by atoms with Crippen LogP contribution in [-0.4, -0.2) is 34.0 Å². The smallest absolute Gasteiger partial charge is 0.150 e. The Hall–Kier alpha value is -4.30. The number of carbonyl (C=O) groups is 1. The number of aromatic amines is 1. The average molecular weight is 577 g/mol. The molecule has 0 unspecified atom stereocenters. The van der Waals surface area contributed by atoms with E-state index in [1.807, 2.05) is 78.9 Å². The molecule has 0 bridgehead atoms. The number of H-pyrrole nitrogens is 1. The summed E-state index contributed by atoms with van der Waals surface area (Å²) in [5.41, 5.74) is 5.99. The molecule has 216 valence electrons. The molecule has 4 rings (SSSR count). The van der Waals surface area contributed by atoms with Crippen LogP contribution in [0.4, 0.5) is 21.6 Å². The molecule has 0 fully saturated rings. The number of hydrogen-bond acceptors (Lipinski definition) is 6. The molecular weight excluding hydrogens is 539 g/mol. The summed E-state index contributed by atoms with van der Waals surface area (Å²) in [7, 11) is 1.83. The Balaban J connectivity index is 0.000000330. The Bertz CT molecular complexity index is 1490. The monoisotopic (exact) mass is 576 g/mol. The third-order valence-corrected chi connectivity index (χ3v) is 6.09. The predicted octanol–water partition coefficient (Wildman–Crippen LogP) is 8.49. The van der Waals surface area contributed by atoms with Gasteiger partial charge in [-0.2, -0.15) is 0 Å². The first-order valence-corrected chi connectivity index (χ1v) is 13.6. The van der Waals surface area contributed by atoms with E-state index >= 15 is 0 Å². The Morgan fingerprint density at radius 1 is 1.12 bits per heavy atom. The SMILES string of the molecule is C=CN=C(c1cccnc1Nc1ccc(Cl)c(NC)c1)c1nc[nH]c1C.CC.CC(C)(C)c1cc(F)cc(C=O)c1. The van der Waals surface area contributed by atoms with Crippen LogP contribution in [0.3, 0.4) is 0 Å². The zero-order chi connectivity index (χ0) is 30.6. The second-order valence-corrected chi connectivity index (χ2v) is 10.1. The van der Waals surface area contributed by atoms with Crippen molar-refractivity contribution in [1.29, 1.82) is 0 Å². The van der Waals surface area contributed by atoms with Crippen LogP contribution in [0.15, 0.2) is 78.8 Å². The molecule has 0 aliphatic heterocycles. The first-order chi connectivity index (χ1) is 19.6. The molecule has 41 heavy (non-hydrogen) atoms. The molecule has 0 amide bonds. The maximum atomic E-state index is 13.0. The van der Waals surface area contributed by atoms with Crippen LogP contribution in [0.25, 0.3) is 0 Å². The molecule has 0 spiro atoms. The summed E-state index contributed by atoms with van der Waals surface area (Å²) in [6.07, 6.45) is 5.54. The molecule has 2 aromatic carbocycles. The van der Waals surface area contributed by atoms with Crippen molar-refractivity contribution in [3.63, 3.8) is 0 Å². The maximum Gasteiger partial charge on any atom is 0.150 e. The summed E-state index contributed by atoms with van der Waals surface area (Å²) >= 11 is 6.16. The average Bonchev–Trinajstić information content (AvgIpc) is 3.39. The van der Waals surface area contributed by atoms with Crippen LogP contribution in [0.1, 0.15) is 67.5 Å². The van der Waals surface area contributed by atoms with Gasteiger partial charge in [-0.25, -0.2) is 14.4 Å². The molecule has 0 aliphatic rings. The number of nitrogens with one attached hydrogen (secondary N) is 3. The van der Waals surface area contributed by atoms with Crippen molar-refractivity contribution in [1.82, 2.24) is 15.0 Å². The predicted molar refractivity (Wildman–Crippen MR) is 170 cm³/mol. The van der Waals surface area contributed by atoms with Gasteiger partial charge in [0, 0.05) is 42.0 Å². The largest absolute Gasteiger partial charge is 0.387 e. The summed E-state index contributed by atoms with van der Waals surface area (Å²) in [4.78, 5) is 26.8. The standard InChI is InChI=1S/C19H19ClN6.C11H13FO.C2H6/c1-4-22-18(17-12(2)24-11-25-17)14-6-5-9-23-19(14)26-13-7-8-15(20)16(10-13)21-3;1-11(2,3)9-4-8(7-13)5-10(12)6-9;1-2/h4-11,21H,1H2,2-3H3,(H,23,26)(H,24,25);4-7H,1-3H3;1-2H3. The number of imidazole rings is 1. The van der Waals surface area contributed by atoms with Gasteiger partial charge in [-0.3, -0.25) is 9.79 Å². The molecule has 2 heterocycles. The van der Waals surface area contributed by atoms with E-state index < -0.39 is 0 Å². The first-order valence-electron chi connectivity index (χ1n) is 13.2. The normalized spacial score (nSPS) is 10.9. The molecule has 7 nitrogen and oxygen atoms in total. The van der Waals surface area contributed by atoms with Crippen LogP contribution in [0, 0.1) is 12.7 Å². The van der Waals surface area contributed by atoms with Crippen LogP contribution < -0.4 is 10.6 Å². The highest BCUT2D eigenvalue weighted by atomic mass is 35.5. The van der Waals surface area contributed by atoms with E-state index in [1.165, 1.54) is 18.3 Å². The second kappa shape index (κ2) is 15.5. The highest BCUT2D eigenvalue weighted by Gasteiger charge is 2.17. The minimum Gasteiger partial charge on any atom is -0.387 e. The molecule has 0 radical (unpaired) electrons. The number of aromatic nitrogens is 3. The van der Waals surface area contributed by atoms with E-state index in [0.29, 0.717) is 28.4 Å². The Morgan fingerprint density at radius 2 is 1.85 bits per heavy atom. The Kier molecular flexibility index (Phi) is 12.4. The number of rotatable bonds is 7. The molecule has 0 aliphatic carbocycles. The van der Waals surface area contributed by atoms with Gasteiger partial charge in [0.05, 0.1) is 17.0 Å². The zero-order valence-corrected chi connectivity index (χ0v) is 25.4. The van der Waals surface area contributed by atoms with Gasteiger partial charge in [-0.1, -0.05) is 52.8 Å². The van der Waals surface area contributed by atoms with Gasteiger partial charge in [0.2, 0.25) is 0 Å². The molecule has 2 aromatic heterocycles. The topological polar surface area (TPSA) is 95.1 Å². The summed E-state index contributed by atoms with van der Waals surface area (Å²) in [5, 5.41) is 7.05. The fourth-order valence-corrected chi connectivity index (χ4v) is 3.90. The van der Waals surface area contributed by atoms with E-state index in [2.05, 4.69) is 37.2 Å². The van der Waals surface area contributed by atoms with Gasteiger partial charge >= 0.3 is 0 Å². The number of anilines is 3. The number of carbonyl (C=O) groups excluding carboxylic acids is 1. The number of halogens is 2. The molecule has 9 heteroatoms. The van der Waals surface area contributed by atoms with Crippen molar-refractivity contribution in [2.24, 2.45) is 4.99 Å². The first kappa shape index (κ1) is 32.9. The number of aldehydes is 1. The molecular formula is C32H38ClFN6O. The number of aryl methyl sites for hydroxylation is 1. The van der Waals surface area contributed by atoms with Gasteiger partial charge in [0.25, 0.3) is 0 Å². The molecule has 4 aromatic rings. The Labute approximate surface area is 247 Å². The van der Waals surface area contributed by atoms with E-state index in [1.54, 1.807) is 18.6 Å². The lowest BCUT2D eigenvalue weighted by atomic mass is 9.86. The minimum atomic E-state index is -0.352. The third kappa shape index (κ3) is 9.11. The van der Waals surface area contributed by atoms with Crippen LogP contribution in [0.2, 0.25) is 5.02 Å². The minimum absolute atomic E-state index is 0.125. The molecule has 0 saturated carbocycles. The number of nitrogens with zero attached hydrogens (tertiary/aromatic N) is 3. The molecule has 0 saturated heterocycles. The Morgan fingerprint density at radius 3 is 2.44 bits per heavy atom. The number of aliphatic imine (C=N–C) groups is 1. The highest BCUT2D eigenvalue weighted by molar-refractivity contribution is 6.33. The summed E-state index contributed by atoms with van der Waals surface area (Å²) in [5.74, 6) is 0.314. The van der Waals surface area contributed by atoms with E-state index in [9.17, 15) is 9.18 Å². The van der Waals surface area contributed by atoms with Crippen molar-refractivity contribution in [2.75, 3.05) is 17.7 Å². The van der Waals surface area contributed by atoms with Crippen molar-refractivity contribution < 1.29 is 9.18 Å². The van der Waals surface area contributed by atoms with Crippen LogP contribution in [-0.2, 0) is 5.41 Å². The van der Waals surface area contributed by atoms with Crippen molar-refractivity contribution in [3.05, 3.63) is 113 Å². The van der Waals surface area contributed by atoms with Gasteiger partial charge in [-0.05, 0) is 66.4 Å². The number of hydrogen-bond donors (Lipinski definition) is 3. The summed E-state index contributed by atoms with van der Waals surface area (Å²) < 4.78 is 13.0. The van der Waals surface area contributed by atoms with E-state index in [-0.39, 0.29) is 11.2 Å². The van der Waals surface area contributed by atoms with Gasteiger partial charge in [0.15, 0.2) is 0 Å². The van der Waals surface area contributed by atoms with Crippen LogP contribution in [0.5, 0.6) is 0 Å². The lowest BCUT2D eigenvalue weighted by Crippen LogP contribution is -2.11. The maximum absolute atomic E-state index is 13.0. The quantitative estimate of drug-likeness (QED) is 0.151. The van der Waals surface area contributed by atoms with Crippen molar-refractivity contribution in [3.8, 4) is 0 Å². The van der Waals surface area contributed by atoms with Gasteiger partial charge in [-0.15, -0.1) is 0 Å². The number of benzene rings is 2. The van der Waals surface area contributed by atoms with E-state index in [0.717, 1.165) is 33.9 Å². The third-order valence-electron chi connectivity index (χ3n) is 5.76. The van der Waals surface area contributed by atoms with Crippen molar-refractivity contribution >= 4 is 40.8 Å². The second-order valence-electron chi connectivity index (χ2n) is 9.65. The zero-order valence-electron chi connectivity index (χ0n) is 24.6. The van der Waals surface area contributed by atoms with Crippen molar-refractivity contribution in [2.45, 2.75) is 47.0 Å². The van der Waals surface area contributed by atoms with Gasteiger partial charge in [0.1, 0.15) is 29.3 Å². The summed E-state index contributed by atoms with van der Waals surface area (Å²) in [6, 6.07) is 13.9. The number of pyridine rings is 1. The lowest BCUT2D eigenvalue weighted by molar-refractivity contribution is 0.112. The van der Waals surface area contributed by atoms with Gasteiger partial charge < -0.3 is 15.6 Å². The fraction of sp³-hybridized carbons (Fsp3) is 0.250. The molecule has 3 N–H and O–H groups in total. The highest BCUT2D eigenvalue weighted by Crippen LogP contribution is 2.28. The van der Waals surface area contributed by atoms with Crippen LogP contribution >= 0.6 is 11.6 Å². The lowest BCUT2D eigenvalue weighted by Gasteiger charge is -2.19. The molecule has 0 atom stereocenters. The fourth-order valence-electron chi connectivity index (χ4n) is 3.69. The van der Waals surface area contributed by atoms with E-state index in [4.69, 9.17) is 11.6 Å². The summed E-state index contributed by atoms with van der Waals surface area (Å²) in [6.45, 7) is 15.6.